The molecular weight excluding hydrogens is 1910 g/mol. The van der Waals surface area contributed by atoms with Crippen molar-refractivity contribution in [3.8, 4) is 11.6 Å². The van der Waals surface area contributed by atoms with Gasteiger partial charge in [-0.2, -0.15) is 0 Å². The summed E-state index contributed by atoms with van der Waals surface area (Å²) in [7, 11) is 41.8. The van der Waals surface area contributed by atoms with Crippen LogP contribution in [0.3, 0.4) is 0 Å². The van der Waals surface area contributed by atoms with Crippen LogP contribution in [0.15, 0.2) is 168 Å². The van der Waals surface area contributed by atoms with Gasteiger partial charge in [0.05, 0.1) is 0 Å². The summed E-state index contributed by atoms with van der Waals surface area (Å²) in [6, 6.07) is 49.0. The second-order valence-electron chi connectivity index (χ2n) is 25.1. The Hall–Kier alpha value is 2.94. The predicted molar refractivity (Wildman–Crippen MR) is 535 cm³/mol. The van der Waals surface area contributed by atoms with Gasteiger partial charge in [0.15, 0.2) is 0 Å². The Kier molecular flexibility index (Phi) is 47.9. The third-order valence-corrected chi connectivity index (χ3v) is 171. The Morgan fingerprint density at radius 3 is 0.907 bits per heavy atom. The first kappa shape index (κ1) is 102. The second kappa shape index (κ2) is 51.0. The van der Waals surface area contributed by atoms with Crippen LogP contribution in [0.4, 0.5) is 27.8 Å². The van der Waals surface area contributed by atoms with E-state index in [2.05, 4.69) is 242 Å². The van der Waals surface area contributed by atoms with Crippen molar-refractivity contribution in [3.05, 3.63) is 293 Å². The molecule has 5 heterocycles. The number of rotatable bonds is 27. The molecule has 6 nitrogen and oxygen atoms in total. The number of aryl methyl sites for hydroxylation is 17. The van der Waals surface area contributed by atoms with Gasteiger partial charge in [0.2, 0.25) is 0 Å². The first-order valence-corrected chi connectivity index (χ1v) is 76.8. The quantitative estimate of drug-likeness (QED) is 0.0411. The van der Waals surface area contributed by atoms with E-state index in [0.717, 1.165) is 140 Å². The Morgan fingerprint density at radius 1 is 0.315 bits per heavy atom. The molecule has 0 aliphatic carbocycles. The Bertz CT molecular complexity index is 4360. The number of benzene rings is 5. The Morgan fingerprint density at radius 2 is 0.602 bits per heavy atom. The fraction of sp³-hybridized carbons (Fsp3) is 0.254. The maximum Gasteiger partial charge on any atom is 0.137 e. The van der Waals surface area contributed by atoms with Crippen LogP contribution in [-0.4, -0.2) is 24.1 Å². The third-order valence-electron chi connectivity index (χ3n) is 16.2. The van der Waals surface area contributed by atoms with Gasteiger partial charge in [0.1, 0.15) is 46.5 Å². The van der Waals surface area contributed by atoms with Crippen molar-refractivity contribution in [2.75, 3.05) is 5.73 Å². The van der Waals surface area contributed by atoms with Crippen molar-refractivity contribution in [1.82, 2.24) is 24.1 Å². The number of hydrogen-bond acceptors (Lipinski definition) is 4. The smallest absolute Gasteiger partial charge is 0.137 e. The van der Waals surface area contributed by atoms with Gasteiger partial charge < -0.3 is 14.9 Å². The summed E-state index contributed by atoms with van der Waals surface area (Å²) in [4.78, 5) is 14.0. The molecular formula is C71H100BrF5N6P24V. The van der Waals surface area contributed by atoms with Gasteiger partial charge in [-0.15, -0.1) is 116 Å². The molecule has 0 saturated carbocycles. The molecule has 15 atom stereocenters. The van der Waals surface area contributed by atoms with Gasteiger partial charge in [-0.05, 0) is 373 Å². The standard InChI is InChI=1S/C28H28F2N2.C22H22F2N2.C20H20BrFN2.CH4.H26P24.V/c1-19-14-27(31-28(15-19)32-20(2)4-5-21(32)3)13-10-24-16-23(17-26(30)18-24)7-6-22-8-11-25(29)12-9-22;1-15-10-21(26-22(25)11-15)9-6-18-12-17(13-20(24)14-18)3-2-16-4-7-19(23)8-5-16;1-13-8-19(7-6-16-10-17(21)12-18(22)11-16)23-20(9-13)24-14(2)4-5-15(24)3;;1-14(2)20(13)23(19(11)12)24(21(15(3)4)16(5)6)22(17(7)8)18(9)10;/h4-5,8-9,11-12,14-18H,6-7,10,13H2,1-3H3;4-5,7-8,10-14H,2-3,6,9H2,1H3,(H2,25,26);4-5,8-12H,6-7H2,1-3H3;1H4;1-13H2;. The van der Waals surface area contributed by atoms with E-state index in [1.165, 1.54) is 47.3 Å². The minimum absolute atomic E-state index is 0. The fourth-order valence-corrected chi connectivity index (χ4v) is 301. The van der Waals surface area contributed by atoms with Crippen molar-refractivity contribution >= 4 is 215 Å². The molecule has 0 amide bonds. The molecule has 10 rings (SSSR count). The molecule has 5 aromatic carbocycles. The zero-order valence-corrected chi connectivity index (χ0v) is 88.4. The molecule has 1 radical (unpaired) electrons. The summed E-state index contributed by atoms with van der Waals surface area (Å²) in [5.74, 6) is 1.25. The Labute approximate surface area is 702 Å². The average molecular weight is 2010 g/mol. The van der Waals surface area contributed by atoms with Crippen LogP contribution < -0.4 is 5.73 Å². The van der Waals surface area contributed by atoms with Crippen LogP contribution in [0.5, 0.6) is 0 Å². The van der Waals surface area contributed by atoms with Crippen molar-refractivity contribution in [2.45, 2.75) is 120 Å². The van der Waals surface area contributed by atoms with Crippen LogP contribution in [0, 0.1) is 77.6 Å². The summed E-state index contributed by atoms with van der Waals surface area (Å²) < 4.78 is 72.9. The molecule has 0 spiro atoms. The average Bonchev–Trinajstić information content (AvgIpc) is 1.34. The number of nitrogens with two attached hydrogens (primary N) is 1. The molecule has 0 aliphatic rings. The molecule has 581 valence electrons. The second-order valence-corrected chi connectivity index (χ2v) is 122. The van der Waals surface area contributed by atoms with E-state index in [-0.39, 0.29) is 132 Å². The monoisotopic (exact) mass is 2010 g/mol. The van der Waals surface area contributed by atoms with E-state index in [0.29, 0.717) is 25.1 Å². The zero-order chi connectivity index (χ0) is 77.8. The van der Waals surface area contributed by atoms with Crippen LogP contribution in [0.2, 0.25) is 0 Å². The molecule has 10 aromatic rings. The normalized spacial score (nSPS) is 12.0. The molecule has 15 unspecified atom stereocenters. The summed E-state index contributed by atoms with van der Waals surface area (Å²) in [6.45, 7) is 14.9. The predicted octanol–water partition coefficient (Wildman–Crippen LogP) is 31.3. The van der Waals surface area contributed by atoms with E-state index in [1.54, 1.807) is 54.6 Å². The number of aromatic nitrogens is 5. The summed E-state index contributed by atoms with van der Waals surface area (Å²) in [6.07, 6.45) is 7.36. The van der Waals surface area contributed by atoms with Crippen LogP contribution >= 0.6 is 209 Å². The van der Waals surface area contributed by atoms with Crippen molar-refractivity contribution in [2.24, 2.45) is 0 Å². The number of anilines is 1. The van der Waals surface area contributed by atoms with E-state index < -0.39 is 0 Å². The summed E-state index contributed by atoms with van der Waals surface area (Å²) >= 11 is 3.35. The largest absolute Gasteiger partial charge is 0.384 e. The molecule has 5 aromatic heterocycles. The first-order chi connectivity index (χ1) is 50.1. The van der Waals surface area contributed by atoms with Gasteiger partial charge >= 0.3 is 0 Å². The van der Waals surface area contributed by atoms with Gasteiger partial charge in [0.25, 0.3) is 0 Å². The summed E-state index contributed by atoms with van der Waals surface area (Å²) in [5, 5.41) is 0. The number of nitrogen functional groups attached to an aromatic ring is 1. The maximum atomic E-state index is 14.3. The summed E-state index contributed by atoms with van der Waals surface area (Å²) in [5.41, 5.74) is 23.7. The van der Waals surface area contributed by atoms with Crippen LogP contribution in [-0.2, 0) is 82.8 Å². The van der Waals surface area contributed by atoms with Crippen LogP contribution in [0.25, 0.3) is 11.6 Å². The van der Waals surface area contributed by atoms with Gasteiger partial charge in [-0.3, -0.25) is 0 Å². The SMILES string of the molecule is C.Cc1cc(CCc2cc(F)cc(Br)c2)nc(-n2c(C)ccc2C)c1.Cc1cc(CCc2cc(F)cc(CCc3ccc(F)cc3)c2)nc(-n2c(C)ccc2C)c1.Cc1cc(N)nc(CCc2cc(F)cc(CCc3ccc(F)cc3)c2)c1.PP(P)P(P)P(P(P)P)P(P(P(P)P)P(P)P)P(P(P)P)P(P)P.[V]. The Balaban J connectivity index is 0.000000259. The number of hydrogen-bond donors (Lipinski definition) is 1. The minimum Gasteiger partial charge on any atom is -0.384 e. The molecule has 2 N–H and O–H groups in total. The molecule has 37 heteroatoms. The van der Waals surface area contributed by atoms with E-state index in [9.17, 15) is 22.0 Å². The minimum atomic E-state index is -0.243. The van der Waals surface area contributed by atoms with Crippen molar-refractivity contribution < 1.29 is 40.5 Å². The van der Waals surface area contributed by atoms with Crippen molar-refractivity contribution in [1.29, 1.82) is 0 Å². The molecule has 0 aliphatic heterocycles. The topological polar surface area (TPSA) is 74.5 Å². The van der Waals surface area contributed by atoms with Gasteiger partial charge in [-0.1, -0.05) is 59.8 Å². The molecule has 0 saturated heterocycles. The van der Waals surface area contributed by atoms with Crippen molar-refractivity contribution in [3.63, 3.8) is 0 Å². The van der Waals surface area contributed by atoms with E-state index in [1.807, 2.05) is 31.2 Å². The molecule has 0 fully saturated rings. The fourth-order valence-electron chi connectivity index (χ4n) is 11.5. The van der Waals surface area contributed by atoms with Gasteiger partial charge in [-0.25, -0.2) is 36.9 Å². The van der Waals surface area contributed by atoms with E-state index in [4.69, 9.17) is 15.7 Å². The zero-order valence-electron chi connectivity index (χ0n) is 60.6. The first-order valence-electron chi connectivity index (χ1n) is 33.1. The number of nitrogens with zero attached hydrogens (tertiary/aromatic N) is 5. The number of halogens is 6. The third kappa shape index (κ3) is 33.7. The maximum absolute atomic E-state index is 14.3. The molecule has 108 heavy (non-hydrogen) atoms. The van der Waals surface area contributed by atoms with Crippen LogP contribution in [0.1, 0.15) is 103 Å². The van der Waals surface area contributed by atoms with Gasteiger partial charge in [0, 0.05) is 62.9 Å². The molecule has 0 bridgehead atoms. The van der Waals surface area contributed by atoms with E-state index >= 15 is 0 Å². The number of pyridine rings is 3.